The summed E-state index contributed by atoms with van der Waals surface area (Å²) in [5.41, 5.74) is 6.96. The van der Waals surface area contributed by atoms with Crippen molar-refractivity contribution in [2.75, 3.05) is 13.2 Å². The second-order valence-electron chi connectivity index (χ2n) is 5.07. The van der Waals surface area contributed by atoms with Gasteiger partial charge >= 0.3 is 0 Å². The summed E-state index contributed by atoms with van der Waals surface area (Å²) in [7, 11) is 0. The van der Waals surface area contributed by atoms with Crippen molar-refractivity contribution in [3.63, 3.8) is 0 Å². The van der Waals surface area contributed by atoms with Crippen LogP contribution >= 0.6 is 23.7 Å². The maximum absolute atomic E-state index is 12.4. The fourth-order valence-corrected chi connectivity index (χ4v) is 3.13. The molecule has 0 radical (unpaired) electrons. The molecule has 1 aromatic carbocycles. The van der Waals surface area contributed by atoms with Gasteiger partial charge in [0.2, 0.25) is 0 Å². The second-order valence-corrected chi connectivity index (χ2v) is 6.01. The number of thiazole rings is 1. The Balaban J connectivity index is 0.00000288. The normalized spacial score (nSPS) is 11.5. The lowest BCUT2D eigenvalue weighted by atomic mass is 10.0. The van der Waals surface area contributed by atoms with Crippen LogP contribution in [-0.2, 0) is 6.42 Å². The predicted molar refractivity (Wildman–Crippen MR) is 100 cm³/mol. The van der Waals surface area contributed by atoms with Gasteiger partial charge in [-0.25, -0.2) is 4.98 Å². The van der Waals surface area contributed by atoms with Gasteiger partial charge in [-0.15, -0.1) is 23.7 Å². The SMILES string of the molecule is CCOc1ccccc1C(CC)NC(=O)c1csc(CCN)n1.Cl. The lowest BCUT2D eigenvalue weighted by molar-refractivity contribution is 0.0930. The number of ether oxygens (including phenoxy) is 1. The molecule has 0 bridgehead atoms. The number of nitrogens with two attached hydrogens (primary N) is 1. The number of carbonyl (C=O) groups excluding carboxylic acids is 1. The predicted octanol–water partition coefficient (Wildman–Crippen LogP) is 3.35. The molecule has 132 valence electrons. The Morgan fingerprint density at radius 1 is 1.38 bits per heavy atom. The summed E-state index contributed by atoms with van der Waals surface area (Å²) in [6, 6.07) is 7.69. The van der Waals surface area contributed by atoms with Crippen molar-refractivity contribution in [3.8, 4) is 5.75 Å². The summed E-state index contributed by atoms with van der Waals surface area (Å²) in [5.74, 6) is 0.645. The Bertz CT molecular complexity index is 648. The van der Waals surface area contributed by atoms with Crippen molar-refractivity contribution < 1.29 is 9.53 Å². The van der Waals surface area contributed by atoms with Crippen LogP contribution in [0.3, 0.4) is 0 Å². The lowest BCUT2D eigenvalue weighted by Crippen LogP contribution is -2.28. The van der Waals surface area contributed by atoms with Crippen molar-refractivity contribution in [2.45, 2.75) is 32.7 Å². The van der Waals surface area contributed by atoms with Crippen LogP contribution in [0.1, 0.15) is 47.4 Å². The number of nitrogens with one attached hydrogen (secondary N) is 1. The second kappa shape index (κ2) is 10.3. The van der Waals surface area contributed by atoms with Gasteiger partial charge in [0.15, 0.2) is 0 Å². The molecule has 1 amide bonds. The highest BCUT2D eigenvalue weighted by Gasteiger charge is 2.19. The Morgan fingerprint density at radius 3 is 2.79 bits per heavy atom. The van der Waals surface area contributed by atoms with E-state index in [4.69, 9.17) is 10.5 Å². The standard InChI is InChI=1S/C17H23N3O2S.ClH/c1-3-13(12-7-5-6-8-15(12)22-4-2)20-17(21)14-11-23-16(19-14)9-10-18;/h5-8,11,13H,3-4,9-10,18H2,1-2H3,(H,20,21);1H. The third-order valence-corrected chi connectivity index (χ3v) is 4.36. The third kappa shape index (κ3) is 5.19. The van der Waals surface area contributed by atoms with Gasteiger partial charge < -0.3 is 15.8 Å². The van der Waals surface area contributed by atoms with Gasteiger partial charge in [0.05, 0.1) is 17.7 Å². The summed E-state index contributed by atoms with van der Waals surface area (Å²) in [6.45, 7) is 5.11. The van der Waals surface area contributed by atoms with Crippen molar-refractivity contribution in [3.05, 3.63) is 45.9 Å². The van der Waals surface area contributed by atoms with E-state index in [0.717, 1.165) is 22.7 Å². The molecule has 2 rings (SSSR count). The van der Waals surface area contributed by atoms with Gasteiger partial charge in [-0.3, -0.25) is 4.79 Å². The van der Waals surface area contributed by atoms with E-state index in [-0.39, 0.29) is 24.4 Å². The number of hydrogen-bond donors (Lipinski definition) is 2. The van der Waals surface area contributed by atoms with E-state index in [0.29, 0.717) is 25.3 Å². The number of hydrogen-bond acceptors (Lipinski definition) is 5. The van der Waals surface area contributed by atoms with Crippen LogP contribution in [0.25, 0.3) is 0 Å². The smallest absolute Gasteiger partial charge is 0.271 e. The van der Waals surface area contributed by atoms with Gasteiger partial charge in [0, 0.05) is 17.4 Å². The minimum absolute atomic E-state index is 0. The maximum atomic E-state index is 12.4. The number of amides is 1. The van der Waals surface area contributed by atoms with Crippen LogP contribution in [-0.4, -0.2) is 24.0 Å². The average Bonchev–Trinajstić information content (AvgIpc) is 3.03. The first-order chi connectivity index (χ1) is 11.2. The first-order valence-corrected chi connectivity index (χ1v) is 8.74. The molecule has 24 heavy (non-hydrogen) atoms. The van der Waals surface area contributed by atoms with E-state index in [2.05, 4.69) is 10.3 Å². The number of halogens is 1. The van der Waals surface area contributed by atoms with Crippen LogP contribution in [0.15, 0.2) is 29.6 Å². The highest BCUT2D eigenvalue weighted by Crippen LogP contribution is 2.27. The van der Waals surface area contributed by atoms with Crippen LogP contribution < -0.4 is 15.8 Å². The quantitative estimate of drug-likeness (QED) is 0.748. The number of benzene rings is 1. The van der Waals surface area contributed by atoms with Crippen LogP contribution in [0, 0.1) is 0 Å². The minimum Gasteiger partial charge on any atom is -0.494 e. The van der Waals surface area contributed by atoms with E-state index in [1.54, 1.807) is 5.38 Å². The summed E-state index contributed by atoms with van der Waals surface area (Å²) < 4.78 is 5.66. The largest absolute Gasteiger partial charge is 0.494 e. The zero-order valence-electron chi connectivity index (χ0n) is 14.0. The summed E-state index contributed by atoms with van der Waals surface area (Å²) in [6.07, 6.45) is 1.47. The molecule has 0 saturated carbocycles. The van der Waals surface area contributed by atoms with Gasteiger partial charge in [0.1, 0.15) is 11.4 Å². The molecule has 0 fully saturated rings. The molecule has 3 N–H and O–H groups in total. The highest BCUT2D eigenvalue weighted by atomic mass is 35.5. The molecule has 7 heteroatoms. The molecule has 5 nitrogen and oxygen atoms in total. The van der Waals surface area contributed by atoms with Crippen LogP contribution in [0.5, 0.6) is 5.75 Å². The highest BCUT2D eigenvalue weighted by molar-refractivity contribution is 7.09. The van der Waals surface area contributed by atoms with Gasteiger partial charge in [-0.05, 0) is 26.0 Å². The van der Waals surface area contributed by atoms with Crippen LogP contribution in [0.4, 0.5) is 0 Å². The van der Waals surface area contributed by atoms with E-state index in [9.17, 15) is 4.79 Å². The average molecular weight is 370 g/mol. The molecule has 0 aliphatic rings. The van der Waals surface area contributed by atoms with E-state index in [1.807, 2.05) is 38.1 Å². The molecule has 0 spiro atoms. The van der Waals surface area contributed by atoms with Crippen LogP contribution in [0.2, 0.25) is 0 Å². The Kier molecular flexibility index (Phi) is 8.74. The number of aromatic nitrogens is 1. The molecular formula is C17H24ClN3O2S. The first kappa shape index (κ1) is 20.4. The molecule has 1 aromatic heterocycles. The van der Waals surface area contributed by atoms with Crippen molar-refractivity contribution in [1.29, 1.82) is 0 Å². The third-order valence-electron chi connectivity index (χ3n) is 3.45. The monoisotopic (exact) mass is 369 g/mol. The molecule has 2 aromatic rings. The number of carbonyl (C=O) groups is 1. The fraction of sp³-hybridized carbons (Fsp3) is 0.412. The van der Waals surface area contributed by atoms with E-state index in [1.165, 1.54) is 11.3 Å². The van der Waals surface area contributed by atoms with Gasteiger partial charge in [0.25, 0.3) is 5.91 Å². The van der Waals surface area contributed by atoms with Crippen molar-refractivity contribution in [2.24, 2.45) is 5.73 Å². The number of para-hydroxylation sites is 1. The first-order valence-electron chi connectivity index (χ1n) is 7.86. The summed E-state index contributed by atoms with van der Waals surface area (Å²) >= 11 is 1.47. The molecule has 1 unspecified atom stereocenters. The molecule has 0 aliphatic carbocycles. The molecule has 0 aliphatic heterocycles. The van der Waals surface area contributed by atoms with Gasteiger partial charge in [-0.1, -0.05) is 25.1 Å². The Labute approximate surface area is 153 Å². The topological polar surface area (TPSA) is 77.2 Å². The van der Waals surface area contributed by atoms with Crippen molar-refractivity contribution >= 4 is 29.7 Å². The Morgan fingerprint density at radius 2 is 2.12 bits per heavy atom. The minimum atomic E-state index is -0.164. The molecular weight excluding hydrogens is 346 g/mol. The summed E-state index contributed by atoms with van der Waals surface area (Å²) in [5, 5.41) is 5.72. The lowest BCUT2D eigenvalue weighted by Gasteiger charge is -2.20. The summed E-state index contributed by atoms with van der Waals surface area (Å²) in [4.78, 5) is 16.8. The zero-order valence-corrected chi connectivity index (χ0v) is 15.6. The van der Waals surface area contributed by atoms with Gasteiger partial charge in [-0.2, -0.15) is 0 Å². The fourth-order valence-electron chi connectivity index (χ4n) is 2.34. The molecule has 1 atom stereocenters. The zero-order chi connectivity index (χ0) is 16.7. The maximum Gasteiger partial charge on any atom is 0.271 e. The number of rotatable bonds is 8. The molecule has 1 heterocycles. The van der Waals surface area contributed by atoms with Crippen molar-refractivity contribution in [1.82, 2.24) is 10.3 Å². The number of nitrogens with zero attached hydrogens (tertiary/aromatic N) is 1. The Hall–Kier alpha value is -1.63. The molecule has 0 saturated heterocycles. The van der Waals surface area contributed by atoms with E-state index >= 15 is 0 Å². The van der Waals surface area contributed by atoms with E-state index < -0.39 is 0 Å².